The van der Waals surface area contributed by atoms with E-state index >= 15 is 0 Å². The minimum Gasteiger partial charge on any atom is -0.395 e. The van der Waals surface area contributed by atoms with Gasteiger partial charge in [0, 0.05) is 44.9 Å². The monoisotopic (exact) mass is 374 g/mol. The van der Waals surface area contributed by atoms with Crippen molar-refractivity contribution in [3.8, 4) is 0 Å². The highest BCUT2D eigenvalue weighted by Crippen LogP contribution is 2.41. The molecule has 1 heterocycles. The predicted octanol–water partition coefficient (Wildman–Crippen LogP) is 0.809. The first kappa shape index (κ1) is 19.8. The van der Waals surface area contributed by atoms with Crippen LogP contribution in [0.1, 0.15) is 38.2 Å². The Hall–Kier alpha value is -1.96. The zero-order chi connectivity index (χ0) is 19.6. The van der Waals surface area contributed by atoms with Crippen LogP contribution in [-0.4, -0.2) is 55.7 Å². The van der Waals surface area contributed by atoms with Crippen LogP contribution in [0, 0.1) is 5.92 Å². The van der Waals surface area contributed by atoms with E-state index in [1.807, 2.05) is 30.0 Å². The van der Waals surface area contributed by atoms with Crippen LogP contribution >= 0.6 is 0 Å². The Bertz CT molecular complexity index is 704. The summed E-state index contributed by atoms with van der Waals surface area (Å²) in [4.78, 5) is 28.7. The Morgan fingerprint density at radius 2 is 2.07 bits per heavy atom. The lowest BCUT2D eigenvalue weighted by Crippen LogP contribution is -2.51. The summed E-state index contributed by atoms with van der Waals surface area (Å²) in [6.07, 6.45) is 1.90. The molecule has 0 radical (unpaired) electrons. The molecule has 0 saturated heterocycles. The Morgan fingerprint density at radius 1 is 1.33 bits per heavy atom. The van der Waals surface area contributed by atoms with Gasteiger partial charge in [-0.05, 0) is 37.5 Å². The summed E-state index contributed by atoms with van der Waals surface area (Å²) >= 11 is 0. The van der Waals surface area contributed by atoms with E-state index in [0.717, 1.165) is 29.8 Å². The smallest absolute Gasteiger partial charge is 0.230 e. The van der Waals surface area contributed by atoms with Gasteiger partial charge in [-0.25, -0.2) is 0 Å². The van der Waals surface area contributed by atoms with E-state index in [4.69, 9.17) is 10.8 Å². The number of hydrogen-bond acceptors (Lipinski definition) is 5. The third-order valence-electron chi connectivity index (χ3n) is 5.40. The lowest BCUT2D eigenvalue weighted by molar-refractivity contribution is -0.120. The van der Waals surface area contributed by atoms with Gasteiger partial charge in [-0.2, -0.15) is 0 Å². The maximum atomic E-state index is 12.9. The van der Waals surface area contributed by atoms with Gasteiger partial charge in [0.05, 0.1) is 24.0 Å². The highest BCUT2D eigenvalue weighted by Gasteiger charge is 2.39. The summed E-state index contributed by atoms with van der Waals surface area (Å²) in [6, 6.07) is 5.88. The first-order valence-electron chi connectivity index (χ1n) is 9.74. The van der Waals surface area contributed by atoms with Crippen molar-refractivity contribution in [1.29, 1.82) is 0 Å². The van der Waals surface area contributed by atoms with E-state index in [9.17, 15) is 9.59 Å². The van der Waals surface area contributed by atoms with Crippen molar-refractivity contribution in [2.75, 3.05) is 42.6 Å². The summed E-state index contributed by atoms with van der Waals surface area (Å²) in [6.45, 7) is 5.77. The van der Waals surface area contributed by atoms with Gasteiger partial charge in [-0.1, -0.05) is 6.07 Å². The van der Waals surface area contributed by atoms with E-state index in [2.05, 4.69) is 5.32 Å². The van der Waals surface area contributed by atoms with Crippen LogP contribution in [0.2, 0.25) is 0 Å². The molecule has 2 atom stereocenters. The highest BCUT2D eigenvalue weighted by atomic mass is 16.3. The molecule has 148 valence electrons. The zero-order valence-electron chi connectivity index (χ0n) is 16.1. The first-order chi connectivity index (χ1) is 13.0. The summed E-state index contributed by atoms with van der Waals surface area (Å²) in [5.74, 6) is 0.333. The number of amides is 2. The lowest BCUT2D eigenvalue weighted by atomic mass is 9.95. The maximum absolute atomic E-state index is 12.9. The quantitative estimate of drug-likeness (QED) is 0.614. The molecule has 27 heavy (non-hydrogen) atoms. The molecule has 1 aromatic carbocycles. The number of rotatable bonds is 7. The van der Waals surface area contributed by atoms with Crippen LogP contribution in [0.5, 0.6) is 0 Å². The molecule has 0 spiro atoms. The average molecular weight is 374 g/mol. The van der Waals surface area contributed by atoms with E-state index < -0.39 is 0 Å². The number of anilines is 2. The van der Waals surface area contributed by atoms with Gasteiger partial charge in [-0.15, -0.1) is 0 Å². The van der Waals surface area contributed by atoms with Gasteiger partial charge in [0.25, 0.3) is 0 Å². The largest absolute Gasteiger partial charge is 0.395 e. The van der Waals surface area contributed by atoms with Gasteiger partial charge >= 0.3 is 0 Å². The van der Waals surface area contributed by atoms with Crippen molar-refractivity contribution < 1.29 is 14.7 Å². The second-order valence-electron chi connectivity index (χ2n) is 7.57. The maximum Gasteiger partial charge on any atom is 0.230 e. The van der Waals surface area contributed by atoms with E-state index in [1.165, 1.54) is 0 Å². The van der Waals surface area contributed by atoms with Crippen molar-refractivity contribution in [3.63, 3.8) is 0 Å². The van der Waals surface area contributed by atoms with E-state index in [-0.39, 0.29) is 36.3 Å². The van der Waals surface area contributed by atoms with Crippen molar-refractivity contribution in [3.05, 3.63) is 23.8 Å². The van der Waals surface area contributed by atoms with Crippen LogP contribution in [0.15, 0.2) is 18.2 Å². The molecule has 7 nitrogen and oxygen atoms in total. The number of nitrogens with zero attached hydrogens (tertiary/aromatic N) is 2. The van der Waals surface area contributed by atoms with Gasteiger partial charge < -0.3 is 26.0 Å². The van der Waals surface area contributed by atoms with Crippen LogP contribution in [0.4, 0.5) is 11.4 Å². The Labute approximate surface area is 160 Å². The van der Waals surface area contributed by atoms with Crippen LogP contribution in [0.3, 0.4) is 0 Å². The fourth-order valence-electron chi connectivity index (χ4n) is 3.83. The minimum atomic E-state index is -0.0555. The number of hydrogen-bond donors (Lipinski definition) is 3. The lowest BCUT2D eigenvalue weighted by Gasteiger charge is -2.41. The second kappa shape index (κ2) is 8.37. The molecule has 0 aromatic heterocycles. The zero-order valence-corrected chi connectivity index (χ0v) is 16.1. The molecule has 1 aromatic rings. The third kappa shape index (κ3) is 4.15. The molecule has 1 saturated carbocycles. The number of aliphatic hydroxyl groups is 1. The van der Waals surface area contributed by atoms with E-state index in [1.54, 1.807) is 11.8 Å². The summed E-state index contributed by atoms with van der Waals surface area (Å²) in [7, 11) is 0. The summed E-state index contributed by atoms with van der Waals surface area (Å²) in [5, 5.41) is 12.2. The van der Waals surface area contributed by atoms with Gasteiger partial charge in [0.2, 0.25) is 11.8 Å². The first-order valence-corrected chi connectivity index (χ1v) is 9.74. The molecule has 1 aliphatic heterocycles. The molecule has 7 heteroatoms. The third-order valence-corrected chi connectivity index (χ3v) is 5.40. The van der Waals surface area contributed by atoms with Crippen molar-refractivity contribution in [2.45, 2.75) is 38.6 Å². The summed E-state index contributed by atoms with van der Waals surface area (Å²) < 4.78 is 0. The van der Waals surface area contributed by atoms with Gasteiger partial charge in [0.15, 0.2) is 0 Å². The molecular weight excluding hydrogens is 344 g/mol. The number of nitrogens with two attached hydrogens (primary N) is 1. The molecule has 1 aliphatic carbocycles. The number of fused-ring (bicyclic) bond motifs is 1. The predicted molar refractivity (Wildman–Crippen MR) is 106 cm³/mol. The molecule has 1 fully saturated rings. The number of aliphatic hydroxyl groups excluding tert-OH is 1. The van der Waals surface area contributed by atoms with Crippen molar-refractivity contribution >= 4 is 23.2 Å². The molecule has 4 N–H and O–H groups in total. The van der Waals surface area contributed by atoms with E-state index in [0.29, 0.717) is 26.2 Å². The number of nitrogens with one attached hydrogen (secondary N) is 1. The molecular formula is C20H30N4O3. The van der Waals surface area contributed by atoms with Crippen molar-refractivity contribution in [1.82, 2.24) is 5.32 Å². The minimum absolute atomic E-state index is 0.0185. The Balaban J connectivity index is 1.96. The highest BCUT2D eigenvalue weighted by molar-refractivity contribution is 6.05. The Kier molecular flexibility index (Phi) is 6.14. The number of benzene rings is 1. The molecule has 2 aliphatic rings. The normalized spacial score (nSPS) is 20.4. The molecule has 3 rings (SSSR count). The molecule has 1 unspecified atom stereocenters. The van der Waals surface area contributed by atoms with Crippen LogP contribution in [-0.2, 0) is 9.59 Å². The fourth-order valence-corrected chi connectivity index (χ4v) is 3.83. The van der Waals surface area contributed by atoms with Gasteiger partial charge in [-0.3, -0.25) is 9.59 Å². The molecule has 0 bridgehead atoms. The number of carbonyl (C=O) groups excluding carboxylic acids is 2. The van der Waals surface area contributed by atoms with Crippen LogP contribution in [0.25, 0.3) is 0 Å². The average Bonchev–Trinajstić information content (AvgIpc) is 3.48. The summed E-state index contributed by atoms with van der Waals surface area (Å²) in [5.41, 5.74) is 8.60. The Morgan fingerprint density at radius 3 is 2.67 bits per heavy atom. The van der Waals surface area contributed by atoms with Gasteiger partial charge in [0.1, 0.15) is 0 Å². The number of carbonyl (C=O) groups is 2. The second-order valence-corrected chi connectivity index (χ2v) is 7.57. The molecule has 2 amide bonds. The topological polar surface area (TPSA) is 98.9 Å². The van der Waals surface area contributed by atoms with Crippen LogP contribution < -0.4 is 20.9 Å². The standard InChI is InChI=1S/C20H30N4O3/c1-13-12-23(20(27)15-3-4-15)19-9-16(17(10-21)11-22-7-8-25)5-6-18(19)24(13)14(2)26/h5-6,9,13,15,17,22,25H,3-4,7-8,10-12,21H2,1-2H3/t13-,17?/m0/s1. The SMILES string of the molecule is CC(=O)N1c2ccc(C(CN)CNCCO)cc2N(C(=O)C2CC2)C[C@@H]1C. The fraction of sp³-hybridized carbons (Fsp3) is 0.600. The van der Waals surface area contributed by atoms with Crippen molar-refractivity contribution in [2.24, 2.45) is 11.7 Å².